The number of nitrogens with zero attached hydrogens (tertiary/aromatic N) is 3. The molecule has 0 spiro atoms. The van der Waals surface area contributed by atoms with Gasteiger partial charge in [-0.2, -0.15) is 0 Å². The highest BCUT2D eigenvalue weighted by molar-refractivity contribution is 7.86. The fourth-order valence-corrected chi connectivity index (χ4v) is 4.44. The molecule has 0 saturated carbocycles. The van der Waals surface area contributed by atoms with E-state index in [1.807, 2.05) is 30.5 Å². The number of amides is 1. The topological polar surface area (TPSA) is 143 Å². The zero-order valence-corrected chi connectivity index (χ0v) is 23.0. The Hall–Kier alpha value is -4.97. The Bertz CT molecular complexity index is 1570. The van der Waals surface area contributed by atoms with E-state index in [-0.39, 0.29) is 0 Å². The maximum atomic E-state index is 13.1. The molecule has 0 radical (unpaired) electrons. The lowest BCUT2D eigenvalue weighted by Crippen LogP contribution is -2.10. The van der Waals surface area contributed by atoms with E-state index in [4.69, 9.17) is 9.47 Å². The smallest absolute Gasteiger partial charge is 0.211 e. The summed E-state index contributed by atoms with van der Waals surface area (Å²) in [5.41, 5.74) is 3.69. The third-order valence-corrected chi connectivity index (χ3v) is 6.64. The van der Waals surface area contributed by atoms with Crippen LogP contribution in [0.25, 0.3) is 11.0 Å². The van der Waals surface area contributed by atoms with E-state index in [2.05, 4.69) is 42.2 Å². The summed E-state index contributed by atoms with van der Waals surface area (Å²) in [7, 11) is 1.47. The normalized spacial score (nSPS) is 11.1. The minimum Gasteiger partial charge on any atom is -0.497 e. The zero-order valence-electron chi connectivity index (χ0n) is 22.2. The SMILES string of the molecule is CCc1cnc[nH]1.COc1cc(Nc2nc3ccccc3nc2NS(=O)c2cccc(NC=O)c2)cc(OC)c1. The van der Waals surface area contributed by atoms with Crippen molar-refractivity contribution in [3.63, 3.8) is 0 Å². The summed E-state index contributed by atoms with van der Waals surface area (Å²) in [6.45, 7) is 2.09. The number of fused-ring (bicyclic) bond motifs is 1. The second-order valence-corrected chi connectivity index (χ2v) is 9.44. The first kappa shape index (κ1) is 28.0. The summed E-state index contributed by atoms with van der Waals surface area (Å²) < 4.78 is 26.7. The first-order valence-electron chi connectivity index (χ1n) is 12.3. The van der Waals surface area contributed by atoms with Gasteiger partial charge in [0, 0.05) is 41.5 Å². The molecule has 0 saturated heterocycles. The molecule has 5 rings (SSSR count). The first-order chi connectivity index (χ1) is 19.5. The maximum absolute atomic E-state index is 13.1. The minimum absolute atomic E-state index is 0.294. The van der Waals surface area contributed by atoms with Crippen LogP contribution in [0.15, 0.2) is 84.1 Å². The molecular weight excluding hydrogens is 530 g/mol. The molecule has 2 aromatic heterocycles. The summed E-state index contributed by atoms with van der Waals surface area (Å²) in [6, 6.07) is 19.4. The molecule has 0 aliphatic heterocycles. The fourth-order valence-electron chi connectivity index (χ4n) is 3.57. The highest BCUT2D eigenvalue weighted by atomic mass is 32.2. The molecular formula is C28H29N7O4S. The number of nitrogens with one attached hydrogen (secondary N) is 4. The number of methoxy groups -OCH3 is 2. The van der Waals surface area contributed by atoms with Crippen molar-refractivity contribution in [1.29, 1.82) is 0 Å². The second kappa shape index (κ2) is 13.7. The molecule has 1 amide bonds. The molecule has 0 fully saturated rings. The van der Waals surface area contributed by atoms with Crippen molar-refractivity contribution in [1.82, 2.24) is 19.9 Å². The van der Waals surface area contributed by atoms with Gasteiger partial charge < -0.3 is 25.1 Å². The summed E-state index contributed by atoms with van der Waals surface area (Å²) >= 11 is 0. The van der Waals surface area contributed by atoms with Crippen molar-refractivity contribution in [2.24, 2.45) is 0 Å². The van der Waals surface area contributed by atoms with Crippen molar-refractivity contribution >= 4 is 51.4 Å². The van der Waals surface area contributed by atoms with E-state index in [0.717, 1.165) is 6.42 Å². The van der Waals surface area contributed by atoms with Gasteiger partial charge in [0.1, 0.15) is 11.5 Å². The molecule has 2 heterocycles. The number of benzene rings is 3. The standard InChI is InChI=1S/C23H21N5O4S.C5H8N2/c1-31-17-10-16(11-18(13-17)32-2)25-22-23(27-21-9-4-3-8-20(21)26-22)28-33(30)19-7-5-6-15(12-19)24-14-29;1-2-5-3-6-4-7-5/h3-14H,1-2H3,(H,24,29)(H,25,26)(H,27,28);3-4H,2H2,1H3,(H,6,7). The van der Waals surface area contributed by atoms with Crippen LogP contribution in [0.3, 0.4) is 0 Å². The third-order valence-electron chi connectivity index (χ3n) is 5.58. The predicted octanol–water partition coefficient (Wildman–Crippen LogP) is 5.07. The van der Waals surface area contributed by atoms with Gasteiger partial charge in [-0.05, 0) is 36.8 Å². The summed E-state index contributed by atoms with van der Waals surface area (Å²) in [4.78, 5) is 27.3. The lowest BCUT2D eigenvalue weighted by molar-refractivity contribution is -0.105. The van der Waals surface area contributed by atoms with E-state index < -0.39 is 11.0 Å². The van der Waals surface area contributed by atoms with E-state index in [1.54, 1.807) is 63.0 Å². The van der Waals surface area contributed by atoms with Gasteiger partial charge >= 0.3 is 0 Å². The Morgan fingerprint density at radius 2 is 1.60 bits per heavy atom. The molecule has 4 N–H and O–H groups in total. The molecule has 1 unspecified atom stereocenters. The van der Waals surface area contributed by atoms with Gasteiger partial charge in [-0.25, -0.2) is 19.2 Å². The molecule has 11 nitrogen and oxygen atoms in total. The van der Waals surface area contributed by atoms with Crippen molar-refractivity contribution in [2.75, 3.05) is 29.6 Å². The molecule has 0 aliphatic rings. The van der Waals surface area contributed by atoms with Gasteiger partial charge in [0.05, 0.1) is 36.5 Å². The Balaban J connectivity index is 0.000000461. The number of hydrogen-bond donors (Lipinski definition) is 4. The molecule has 12 heteroatoms. The largest absolute Gasteiger partial charge is 0.497 e. The van der Waals surface area contributed by atoms with E-state index in [9.17, 15) is 9.00 Å². The van der Waals surface area contributed by atoms with Gasteiger partial charge in [-0.1, -0.05) is 25.1 Å². The van der Waals surface area contributed by atoms with Crippen molar-refractivity contribution in [3.8, 4) is 11.5 Å². The van der Waals surface area contributed by atoms with E-state index in [0.29, 0.717) is 56.8 Å². The Labute approximate surface area is 234 Å². The number of anilines is 4. The van der Waals surface area contributed by atoms with Gasteiger partial charge in [-0.15, -0.1) is 0 Å². The number of carbonyl (C=O) groups is 1. The Morgan fingerprint density at radius 1 is 0.900 bits per heavy atom. The van der Waals surface area contributed by atoms with E-state index >= 15 is 0 Å². The van der Waals surface area contributed by atoms with Gasteiger partial charge in [-0.3, -0.25) is 9.52 Å². The molecule has 40 heavy (non-hydrogen) atoms. The number of ether oxygens (including phenoxy) is 2. The number of carbonyl (C=O) groups excluding carboxylic acids is 1. The molecule has 206 valence electrons. The Kier molecular flexibility index (Phi) is 9.62. The number of imidazole rings is 1. The van der Waals surface area contributed by atoms with Crippen molar-refractivity contribution in [2.45, 2.75) is 18.2 Å². The fraction of sp³-hybridized carbons (Fsp3) is 0.143. The van der Waals surface area contributed by atoms with Gasteiger partial charge in [0.15, 0.2) is 22.6 Å². The number of hydrogen-bond acceptors (Lipinski definition) is 8. The van der Waals surface area contributed by atoms with Crippen LogP contribution < -0.4 is 24.8 Å². The molecule has 3 aromatic carbocycles. The van der Waals surface area contributed by atoms with Crippen molar-refractivity contribution < 1.29 is 18.5 Å². The third kappa shape index (κ3) is 7.32. The number of aromatic nitrogens is 4. The van der Waals surface area contributed by atoms with Crippen LogP contribution in [0.1, 0.15) is 12.6 Å². The van der Waals surface area contributed by atoms with Crippen molar-refractivity contribution in [3.05, 3.63) is 84.9 Å². The number of H-pyrrole nitrogens is 1. The van der Waals surface area contributed by atoms with Crippen LogP contribution in [0.2, 0.25) is 0 Å². The monoisotopic (exact) mass is 559 g/mol. The molecule has 5 aromatic rings. The average Bonchev–Trinajstić information content (AvgIpc) is 3.52. The lowest BCUT2D eigenvalue weighted by atomic mass is 10.2. The van der Waals surface area contributed by atoms with Crippen LogP contribution >= 0.6 is 0 Å². The van der Waals surface area contributed by atoms with Gasteiger partial charge in [0.2, 0.25) is 6.41 Å². The summed E-state index contributed by atoms with van der Waals surface area (Å²) in [5.74, 6) is 1.87. The quantitative estimate of drug-likeness (QED) is 0.174. The van der Waals surface area contributed by atoms with Gasteiger partial charge in [0.25, 0.3) is 0 Å². The van der Waals surface area contributed by atoms with Crippen LogP contribution in [0, 0.1) is 0 Å². The molecule has 0 aliphatic carbocycles. The van der Waals surface area contributed by atoms with Crippen LogP contribution in [-0.4, -0.2) is 44.8 Å². The zero-order chi connectivity index (χ0) is 28.3. The van der Waals surface area contributed by atoms with Crippen LogP contribution in [-0.2, 0) is 22.2 Å². The first-order valence-corrected chi connectivity index (χ1v) is 13.4. The number of para-hydroxylation sites is 2. The summed E-state index contributed by atoms with van der Waals surface area (Å²) in [6.07, 6.45) is 5.13. The highest BCUT2D eigenvalue weighted by Gasteiger charge is 2.14. The highest BCUT2D eigenvalue weighted by Crippen LogP contribution is 2.31. The number of aryl methyl sites for hydroxylation is 1. The average molecular weight is 560 g/mol. The van der Waals surface area contributed by atoms with Crippen LogP contribution in [0.4, 0.5) is 23.0 Å². The van der Waals surface area contributed by atoms with E-state index in [1.165, 1.54) is 5.69 Å². The maximum Gasteiger partial charge on any atom is 0.211 e. The Morgan fingerprint density at radius 3 is 2.17 bits per heavy atom. The molecule has 0 bridgehead atoms. The number of rotatable bonds is 10. The predicted molar refractivity (Wildman–Crippen MR) is 156 cm³/mol. The number of aromatic amines is 1. The lowest BCUT2D eigenvalue weighted by Gasteiger charge is -2.15. The second-order valence-electron chi connectivity index (χ2n) is 8.23. The van der Waals surface area contributed by atoms with Crippen LogP contribution in [0.5, 0.6) is 11.5 Å². The minimum atomic E-state index is -1.67. The summed E-state index contributed by atoms with van der Waals surface area (Å²) in [5, 5.41) is 5.76. The molecule has 1 atom stereocenters.